The van der Waals surface area contributed by atoms with Gasteiger partial charge in [0.25, 0.3) is 0 Å². The molecular weight excluding hydrogens is 388 g/mol. The molecule has 30 heavy (non-hydrogen) atoms. The fourth-order valence-corrected chi connectivity index (χ4v) is 2.68. The van der Waals surface area contributed by atoms with E-state index in [0.717, 1.165) is 5.69 Å². The van der Waals surface area contributed by atoms with Crippen molar-refractivity contribution in [2.24, 2.45) is 0 Å². The highest BCUT2D eigenvalue weighted by molar-refractivity contribution is 5.73. The van der Waals surface area contributed by atoms with Gasteiger partial charge in [0.05, 0.1) is 5.69 Å². The summed E-state index contributed by atoms with van der Waals surface area (Å²) in [5, 5.41) is 2.70. The van der Waals surface area contributed by atoms with Crippen LogP contribution in [0, 0.1) is 0 Å². The van der Waals surface area contributed by atoms with Crippen LogP contribution in [0.1, 0.15) is 49.6 Å². The lowest BCUT2D eigenvalue weighted by Crippen LogP contribution is -2.33. The molecule has 0 aliphatic carbocycles. The first kappa shape index (κ1) is 21.2. The number of alkyl carbamates (subject to hydrolysis) is 1. The molecule has 0 spiro atoms. The van der Waals surface area contributed by atoms with Gasteiger partial charge in [0.1, 0.15) is 29.0 Å². The van der Waals surface area contributed by atoms with Gasteiger partial charge in [0.2, 0.25) is 11.8 Å². The van der Waals surface area contributed by atoms with Gasteiger partial charge in [-0.15, -0.1) is 0 Å². The van der Waals surface area contributed by atoms with Gasteiger partial charge in [-0.2, -0.15) is 0 Å². The molecule has 0 aliphatic heterocycles. The second kappa shape index (κ2) is 8.89. The van der Waals surface area contributed by atoms with Gasteiger partial charge in [-0.25, -0.2) is 19.7 Å². The number of nitrogens with one attached hydrogen (secondary N) is 1. The second-order valence-corrected chi connectivity index (χ2v) is 7.52. The van der Waals surface area contributed by atoms with Crippen LogP contribution in [0.2, 0.25) is 0 Å². The predicted octanol–water partition coefficient (Wildman–Crippen LogP) is 3.83. The first-order valence-corrected chi connectivity index (χ1v) is 9.63. The second-order valence-electron chi connectivity index (χ2n) is 7.52. The van der Waals surface area contributed by atoms with Crippen molar-refractivity contribution in [1.82, 2.24) is 20.3 Å². The number of nitrogens with zero attached hydrogens (tertiary/aromatic N) is 3. The average Bonchev–Trinajstić information content (AvgIpc) is 3.33. The zero-order chi connectivity index (χ0) is 21.7. The maximum Gasteiger partial charge on any atom is 0.407 e. The van der Waals surface area contributed by atoms with E-state index in [4.69, 9.17) is 13.6 Å². The van der Waals surface area contributed by atoms with Gasteiger partial charge in [-0.3, -0.25) is 4.79 Å². The normalized spacial score (nSPS) is 11.3. The van der Waals surface area contributed by atoms with Gasteiger partial charge >= 0.3 is 6.09 Å². The van der Waals surface area contributed by atoms with Crippen molar-refractivity contribution in [2.75, 3.05) is 6.54 Å². The number of carbonyl (C=O) groups is 2. The van der Waals surface area contributed by atoms with E-state index in [9.17, 15) is 9.59 Å². The van der Waals surface area contributed by atoms with E-state index in [2.05, 4.69) is 20.3 Å². The first-order valence-electron chi connectivity index (χ1n) is 9.63. The maximum atomic E-state index is 11.8. The molecule has 0 saturated heterocycles. The molecule has 3 heterocycles. The number of amides is 1. The number of hydrogen-bond acceptors (Lipinski definition) is 8. The monoisotopic (exact) mass is 412 g/mol. The van der Waals surface area contributed by atoms with E-state index in [-0.39, 0.29) is 11.6 Å². The zero-order valence-electron chi connectivity index (χ0n) is 17.4. The van der Waals surface area contributed by atoms with Crippen molar-refractivity contribution in [3.63, 3.8) is 0 Å². The third-order valence-corrected chi connectivity index (χ3v) is 3.97. The van der Waals surface area contributed by atoms with Crippen LogP contribution < -0.4 is 5.32 Å². The van der Waals surface area contributed by atoms with E-state index >= 15 is 0 Å². The Bertz CT molecular complexity index is 1030. The molecule has 158 valence electrons. The molecule has 1 N–H and O–H groups in total. The largest absolute Gasteiger partial charge is 0.444 e. The Hall–Kier alpha value is -3.49. The van der Waals surface area contributed by atoms with Gasteiger partial charge in [-0.05, 0) is 39.3 Å². The molecular formula is C21H24N4O5. The number of aldehydes is 1. The number of ether oxygens (including phenoxy) is 1. The summed E-state index contributed by atoms with van der Waals surface area (Å²) >= 11 is 0. The molecule has 0 bridgehead atoms. The molecule has 3 aromatic heterocycles. The van der Waals surface area contributed by atoms with E-state index in [1.54, 1.807) is 39.0 Å². The third-order valence-electron chi connectivity index (χ3n) is 3.97. The van der Waals surface area contributed by atoms with Gasteiger partial charge < -0.3 is 18.9 Å². The van der Waals surface area contributed by atoms with Crippen LogP contribution in [0.5, 0.6) is 0 Å². The van der Waals surface area contributed by atoms with E-state index < -0.39 is 11.7 Å². The summed E-state index contributed by atoms with van der Waals surface area (Å²) in [5.41, 5.74) is 1.38. The van der Waals surface area contributed by atoms with Crippen molar-refractivity contribution >= 4 is 12.4 Å². The highest BCUT2D eigenvalue weighted by Crippen LogP contribution is 2.25. The number of oxazole rings is 2. The number of aromatic nitrogens is 3. The minimum Gasteiger partial charge on any atom is -0.444 e. The first-order chi connectivity index (χ1) is 14.3. The highest BCUT2D eigenvalue weighted by Gasteiger charge is 2.19. The minimum atomic E-state index is -0.553. The third kappa shape index (κ3) is 5.31. The summed E-state index contributed by atoms with van der Waals surface area (Å²) < 4.78 is 16.6. The summed E-state index contributed by atoms with van der Waals surface area (Å²) in [6.45, 7) is 7.74. The smallest absolute Gasteiger partial charge is 0.407 e. The molecule has 0 saturated carbocycles. The predicted molar refractivity (Wildman–Crippen MR) is 108 cm³/mol. The van der Waals surface area contributed by atoms with Crippen molar-refractivity contribution in [3.8, 4) is 23.2 Å². The molecule has 0 fully saturated rings. The summed E-state index contributed by atoms with van der Waals surface area (Å²) in [5.74, 6) is 1.24. The molecule has 0 aromatic carbocycles. The minimum absolute atomic E-state index is 0.262. The maximum absolute atomic E-state index is 11.8. The van der Waals surface area contributed by atoms with Crippen LogP contribution in [0.25, 0.3) is 23.2 Å². The summed E-state index contributed by atoms with van der Waals surface area (Å²) in [4.78, 5) is 35.7. The Morgan fingerprint density at radius 3 is 2.67 bits per heavy atom. The Balaban J connectivity index is 1.71. The number of rotatable bonds is 7. The van der Waals surface area contributed by atoms with E-state index in [1.807, 2.05) is 6.92 Å². The molecule has 9 heteroatoms. The number of hydrogen-bond donors (Lipinski definition) is 1. The van der Waals surface area contributed by atoms with Crippen LogP contribution in [-0.4, -0.2) is 39.5 Å². The fourth-order valence-electron chi connectivity index (χ4n) is 2.68. The average molecular weight is 412 g/mol. The quantitative estimate of drug-likeness (QED) is 0.581. The molecule has 3 aromatic rings. The highest BCUT2D eigenvalue weighted by atomic mass is 16.6. The van der Waals surface area contributed by atoms with Crippen LogP contribution >= 0.6 is 0 Å². The molecule has 0 aliphatic rings. The molecule has 0 radical (unpaired) electrons. The SMILES string of the molecule is CCc1nc(-c2coc(-c3cccc(C=O)n3)n2)oc1CCNC(=O)OC(C)(C)C. The Morgan fingerprint density at radius 2 is 1.97 bits per heavy atom. The van der Waals surface area contributed by atoms with E-state index in [1.165, 1.54) is 6.26 Å². The lowest BCUT2D eigenvalue weighted by atomic mass is 10.2. The Morgan fingerprint density at radius 1 is 1.17 bits per heavy atom. The number of aryl methyl sites for hydroxylation is 1. The topological polar surface area (TPSA) is 120 Å². The van der Waals surface area contributed by atoms with Crippen LogP contribution in [0.4, 0.5) is 4.79 Å². The van der Waals surface area contributed by atoms with Gasteiger partial charge in [0, 0.05) is 13.0 Å². The standard InChI is InChI=1S/C21H24N4O5/c1-5-14-17(9-10-22-20(27)30-21(2,3)4)29-19(24-14)16-12-28-18(25-16)15-8-6-7-13(11-26)23-15/h6-8,11-12H,5,9-10H2,1-4H3,(H,22,27). The van der Waals surface area contributed by atoms with Crippen LogP contribution in [-0.2, 0) is 17.6 Å². The van der Waals surface area contributed by atoms with Crippen molar-refractivity contribution in [3.05, 3.63) is 41.6 Å². The summed E-state index contributed by atoms with van der Waals surface area (Å²) in [6.07, 6.45) is 2.74. The summed E-state index contributed by atoms with van der Waals surface area (Å²) in [7, 11) is 0. The molecule has 0 atom stereocenters. The summed E-state index contributed by atoms with van der Waals surface area (Å²) in [6, 6.07) is 5.00. The van der Waals surface area contributed by atoms with Crippen LogP contribution in [0.15, 0.2) is 33.3 Å². The van der Waals surface area contributed by atoms with Crippen LogP contribution in [0.3, 0.4) is 0 Å². The lowest BCUT2D eigenvalue weighted by Gasteiger charge is -2.19. The molecule has 1 amide bonds. The Kier molecular flexibility index (Phi) is 6.29. The lowest BCUT2D eigenvalue weighted by molar-refractivity contribution is 0.0528. The Labute approximate surface area is 173 Å². The zero-order valence-corrected chi connectivity index (χ0v) is 17.4. The van der Waals surface area contributed by atoms with Crippen molar-refractivity contribution in [1.29, 1.82) is 0 Å². The van der Waals surface area contributed by atoms with Crippen molar-refractivity contribution in [2.45, 2.75) is 46.1 Å². The molecule has 0 unspecified atom stereocenters. The van der Waals surface area contributed by atoms with Crippen molar-refractivity contribution < 1.29 is 23.2 Å². The molecule has 9 nitrogen and oxygen atoms in total. The molecule has 3 rings (SSSR count). The van der Waals surface area contributed by atoms with E-state index in [0.29, 0.717) is 48.7 Å². The number of carbonyl (C=O) groups excluding carboxylic acids is 2. The fraction of sp³-hybridized carbons (Fsp3) is 0.381. The number of pyridine rings is 1. The van der Waals surface area contributed by atoms with Gasteiger partial charge in [-0.1, -0.05) is 13.0 Å². The van der Waals surface area contributed by atoms with Gasteiger partial charge in [0.15, 0.2) is 12.0 Å².